The summed E-state index contributed by atoms with van der Waals surface area (Å²) < 4.78 is 1.67. The molecule has 0 radical (unpaired) electrons. The Balaban J connectivity index is 2.50. The SMILES string of the molecule is Cn1cc(C(=O)O)nc1-c1cccnc1. The van der Waals surface area contributed by atoms with E-state index in [1.54, 1.807) is 30.1 Å². The Morgan fingerprint density at radius 1 is 1.53 bits per heavy atom. The minimum Gasteiger partial charge on any atom is -0.476 e. The van der Waals surface area contributed by atoms with Gasteiger partial charge < -0.3 is 9.67 Å². The van der Waals surface area contributed by atoms with Crippen LogP contribution < -0.4 is 0 Å². The van der Waals surface area contributed by atoms with E-state index < -0.39 is 5.97 Å². The average Bonchev–Trinajstić information content (AvgIpc) is 2.62. The quantitative estimate of drug-likeness (QED) is 0.795. The fourth-order valence-corrected chi connectivity index (χ4v) is 1.33. The Hall–Kier alpha value is -2.17. The lowest BCUT2D eigenvalue weighted by Gasteiger charge is -1.98. The molecule has 0 spiro atoms. The molecule has 2 rings (SSSR count). The van der Waals surface area contributed by atoms with E-state index in [1.165, 1.54) is 6.20 Å². The lowest BCUT2D eigenvalue weighted by Crippen LogP contribution is -1.95. The van der Waals surface area contributed by atoms with Gasteiger partial charge in [0.2, 0.25) is 0 Å². The van der Waals surface area contributed by atoms with E-state index in [2.05, 4.69) is 9.97 Å². The topological polar surface area (TPSA) is 68.0 Å². The highest BCUT2D eigenvalue weighted by atomic mass is 16.4. The number of imidazole rings is 1. The van der Waals surface area contributed by atoms with E-state index in [1.807, 2.05) is 6.07 Å². The second-order valence-corrected chi connectivity index (χ2v) is 3.11. The average molecular weight is 203 g/mol. The highest BCUT2D eigenvalue weighted by Crippen LogP contribution is 2.16. The van der Waals surface area contributed by atoms with E-state index in [9.17, 15) is 4.79 Å². The molecule has 5 heteroatoms. The number of hydrogen-bond acceptors (Lipinski definition) is 3. The maximum absolute atomic E-state index is 10.7. The summed E-state index contributed by atoms with van der Waals surface area (Å²) in [6, 6.07) is 3.62. The van der Waals surface area contributed by atoms with Crippen LogP contribution in [0.25, 0.3) is 11.4 Å². The second-order valence-electron chi connectivity index (χ2n) is 3.11. The number of aryl methyl sites for hydroxylation is 1. The van der Waals surface area contributed by atoms with Crippen LogP contribution in [0.1, 0.15) is 10.5 Å². The van der Waals surface area contributed by atoms with Crippen LogP contribution in [-0.2, 0) is 7.05 Å². The van der Waals surface area contributed by atoms with E-state index in [4.69, 9.17) is 5.11 Å². The number of carboxylic acids is 1. The first-order valence-corrected chi connectivity index (χ1v) is 4.35. The molecule has 0 fully saturated rings. The maximum atomic E-state index is 10.7. The van der Waals surface area contributed by atoms with E-state index in [-0.39, 0.29) is 5.69 Å². The number of pyridine rings is 1. The van der Waals surface area contributed by atoms with Crippen LogP contribution in [-0.4, -0.2) is 25.6 Å². The molecule has 0 amide bonds. The molecule has 0 aromatic carbocycles. The molecule has 0 aliphatic rings. The summed E-state index contributed by atoms with van der Waals surface area (Å²) in [5.41, 5.74) is 0.837. The molecule has 0 unspecified atom stereocenters. The van der Waals surface area contributed by atoms with E-state index in [0.717, 1.165) is 5.56 Å². The first-order valence-electron chi connectivity index (χ1n) is 4.35. The molecule has 15 heavy (non-hydrogen) atoms. The van der Waals surface area contributed by atoms with Gasteiger partial charge in [0.25, 0.3) is 0 Å². The van der Waals surface area contributed by atoms with Crippen molar-refractivity contribution in [2.24, 2.45) is 7.05 Å². The minimum atomic E-state index is -1.03. The zero-order valence-electron chi connectivity index (χ0n) is 8.08. The fraction of sp³-hybridized carbons (Fsp3) is 0.100. The van der Waals surface area contributed by atoms with Crippen molar-refractivity contribution >= 4 is 5.97 Å². The molecule has 0 aliphatic carbocycles. The van der Waals surface area contributed by atoms with Crippen molar-refractivity contribution in [3.8, 4) is 11.4 Å². The second kappa shape index (κ2) is 3.53. The van der Waals surface area contributed by atoms with Gasteiger partial charge in [-0.1, -0.05) is 0 Å². The first kappa shape index (κ1) is 9.39. The Morgan fingerprint density at radius 3 is 2.87 bits per heavy atom. The van der Waals surface area contributed by atoms with Crippen molar-refractivity contribution in [2.75, 3.05) is 0 Å². The molecule has 1 N–H and O–H groups in total. The van der Waals surface area contributed by atoms with Crippen LogP contribution in [0.15, 0.2) is 30.7 Å². The molecule has 2 aromatic rings. The van der Waals surface area contributed by atoms with Crippen molar-refractivity contribution in [3.05, 3.63) is 36.4 Å². The zero-order valence-corrected chi connectivity index (χ0v) is 8.08. The third kappa shape index (κ3) is 1.71. The van der Waals surface area contributed by atoms with Gasteiger partial charge in [0.05, 0.1) is 0 Å². The summed E-state index contributed by atoms with van der Waals surface area (Å²) in [6.07, 6.45) is 4.78. The van der Waals surface area contributed by atoms with Crippen molar-refractivity contribution in [1.82, 2.24) is 14.5 Å². The van der Waals surface area contributed by atoms with Crippen molar-refractivity contribution in [2.45, 2.75) is 0 Å². The Labute approximate surface area is 86.0 Å². The summed E-state index contributed by atoms with van der Waals surface area (Å²) in [7, 11) is 1.75. The number of aromatic nitrogens is 3. The largest absolute Gasteiger partial charge is 0.476 e. The van der Waals surface area contributed by atoms with Gasteiger partial charge in [-0.05, 0) is 12.1 Å². The lowest BCUT2D eigenvalue weighted by atomic mass is 10.3. The molecular formula is C10H9N3O2. The Morgan fingerprint density at radius 2 is 2.33 bits per heavy atom. The van der Waals surface area contributed by atoms with Gasteiger partial charge in [0, 0.05) is 31.2 Å². The zero-order chi connectivity index (χ0) is 10.8. The van der Waals surface area contributed by atoms with Crippen molar-refractivity contribution < 1.29 is 9.90 Å². The molecular weight excluding hydrogens is 194 g/mol. The third-order valence-corrected chi connectivity index (χ3v) is 2.02. The van der Waals surface area contributed by atoms with Crippen LogP contribution in [0, 0.1) is 0 Å². The van der Waals surface area contributed by atoms with Crippen LogP contribution in [0.4, 0.5) is 0 Å². The molecule has 2 aromatic heterocycles. The van der Waals surface area contributed by atoms with Gasteiger partial charge in [-0.15, -0.1) is 0 Å². The standard InChI is InChI=1S/C10H9N3O2/c1-13-6-8(10(14)15)12-9(13)7-3-2-4-11-5-7/h2-6H,1H3,(H,14,15). The van der Waals surface area contributed by atoms with Gasteiger partial charge in [-0.25, -0.2) is 9.78 Å². The third-order valence-electron chi connectivity index (χ3n) is 2.02. The fourth-order valence-electron chi connectivity index (χ4n) is 1.33. The van der Waals surface area contributed by atoms with Crippen molar-refractivity contribution in [1.29, 1.82) is 0 Å². The van der Waals surface area contributed by atoms with Crippen molar-refractivity contribution in [3.63, 3.8) is 0 Å². The lowest BCUT2D eigenvalue weighted by molar-refractivity contribution is 0.0691. The molecule has 0 bridgehead atoms. The van der Waals surface area contributed by atoms with Gasteiger partial charge in [0.1, 0.15) is 5.82 Å². The number of nitrogens with zero attached hydrogens (tertiary/aromatic N) is 3. The molecule has 0 aliphatic heterocycles. The Kier molecular flexibility index (Phi) is 2.21. The minimum absolute atomic E-state index is 0.0383. The number of carbonyl (C=O) groups is 1. The normalized spacial score (nSPS) is 10.2. The summed E-state index contributed by atoms with van der Waals surface area (Å²) >= 11 is 0. The highest BCUT2D eigenvalue weighted by molar-refractivity contribution is 5.86. The number of carboxylic acid groups (broad SMARTS) is 1. The number of hydrogen-bond donors (Lipinski definition) is 1. The molecule has 0 saturated heterocycles. The highest BCUT2D eigenvalue weighted by Gasteiger charge is 2.12. The van der Waals surface area contributed by atoms with Gasteiger partial charge in [0.15, 0.2) is 5.69 Å². The van der Waals surface area contributed by atoms with E-state index in [0.29, 0.717) is 5.82 Å². The summed E-state index contributed by atoms with van der Waals surface area (Å²) in [5.74, 6) is -0.429. The van der Waals surface area contributed by atoms with Gasteiger partial charge >= 0.3 is 5.97 Å². The number of rotatable bonds is 2. The molecule has 2 heterocycles. The van der Waals surface area contributed by atoms with Gasteiger partial charge in [-0.2, -0.15) is 0 Å². The molecule has 0 saturated carbocycles. The monoisotopic (exact) mass is 203 g/mol. The molecule has 0 atom stereocenters. The Bertz CT molecular complexity index is 491. The molecule has 76 valence electrons. The van der Waals surface area contributed by atoms with E-state index >= 15 is 0 Å². The van der Waals surface area contributed by atoms with Crippen LogP contribution in [0.2, 0.25) is 0 Å². The predicted octanol–water partition coefficient (Wildman–Crippen LogP) is 1.18. The van der Waals surface area contributed by atoms with Crippen LogP contribution in [0.5, 0.6) is 0 Å². The van der Waals surface area contributed by atoms with Gasteiger partial charge in [-0.3, -0.25) is 4.98 Å². The number of aromatic carboxylic acids is 1. The van der Waals surface area contributed by atoms with Crippen LogP contribution >= 0.6 is 0 Å². The summed E-state index contributed by atoms with van der Waals surface area (Å²) in [6.45, 7) is 0. The maximum Gasteiger partial charge on any atom is 0.356 e. The predicted molar refractivity (Wildman–Crippen MR) is 53.4 cm³/mol. The summed E-state index contributed by atoms with van der Waals surface area (Å²) in [4.78, 5) is 18.7. The first-order chi connectivity index (χ1) is 7.18. The van der Waals surface area contributed by atoms with Crippen LogP contribution in [0.3, 0.4) is 0 Å². The smallest absolute Gasteiger partial charge is 0.356 e. The summed E-state index contributed by atoms with van der Waals surface area (Å²) in [5, 5.41) is 8.78. The molecule has 5 nitrogen and oxygen atoms in total.